The molecule has 96 valence electrons. The molecule has 0 aromatic carbocycles. The van der Waals surface area contributed by atoms with Gasteiger partial charge in [-0.15, -0.1) is 0 Å². The summed E-state index contributed by atoms with van der Waals surface area (Å²) >= 11 is 0. The lowest BCUT2D eigenvalue weighted by atomic mass is 9.76. The monoisotopic (exact) mass is 236 g/mol. The number of nitrogens with zero attached hydrogens (tertiary/aromatic N) is 1. The van der Waals surface area contributed by atoms with E-state index in [2.05, 4.69) is 10.2 Å². The summed E-state index contributed by atoms with van der Waals surface area (Å²) in [7, 11) is 0. The van der Waals surface area contributed by atoms with Gasteiger partial charge in [0.2, 0.25) is 0 Å². The fourth-order valence-corrected chi connectivity index (χ4v) is 4.29. The minimum atomic E-state index is 0.604. The van der Waals surface area contributed by atoms with Crippen LogP contribution in [0.4, 0.5) is 0 Å². The Balaban J connectivity index is 1.35. The molecule has 4 fully saturated rings. The lowest BCUT2D eigenvalue weighted by Gasteiger charge is -2.48. The van der Waals surface area contributed by atoms with Gasteiger partial charge in [-0.05, 0) is 63.7 Å². The molecule has 3 heterocycles. The van der Waals surface area contributed by atoms with Crippen LogP contribution in [0.25, 0.3) is 0 Å². The van der Waals surface area contributed by atoms with E-state index < -0.39 is 0 Å². The van der Waals surface area contributed by atoms with Crippen molar-refractivity contribution in [2.75, 3.05) is 39.4 Å². The summed E-state index contributed by atoms with van der Waals surface area (Å²) in [6, 6.07) is 0.933. The molecule has 3 nitrogen and oxygen atoms in total. The molecule has 1 unspecified atom stereocenters. The number of ether oxygens (including phenoxy) is 1. The maximum Gasteiger partial charge on any atom is 0.0545 e. The molecule has 3 saturated heterocycles. The highest BCUT2D eigenvalue weighted by atomic mass is 16.5. The second kappa shape index (κ2) is 3.69. The van der Waals surface area contributed by atoms with Gasteiger partial charge in [-0.1, -0.05) is 0 Å². The van der Waals surface area contributed by atoms with E-state index in [1.54, 1.807) is 0 Å². The standard InChI is InChI=1S/C14H24N2O/c1-5-15-6-2-14(1)9-12(14)16-7-3-13(4-8-16)10-17-11-13/h12,15H,1-11H2. The molecular formula is C14H24N2O. The third kappa shape index (κ3) is 1.66. The Bertz CT molecular complexity index is 297. The van der Waals surface area contributed by atoms with Crippen LogP contribution >= 0.6 is 0 Å². The molecule has 0 bridgehead atoms. The predicted molar refractivity (Wildman–Crippen MR) is 67.0 cm³/mol. The third-order valence-corrected chi connectivity index (χ3v) is 5.86. The first-order chi connectivity index (χ1) is 8.32. The SMILES string of the molecule is C1CC2(CCN1)CC2N1CCC2(CC1)COC2. The second-order valence-corrected chi connectivity index (χ2v) is 6.86. The van der Waals surface area contributed by atoms with Crippen LogP contribution in [0.1, 0.15) is 32.1 Å². The Morgan fingerprint density at radius 1 is 1.00 bits per heavy atom. The molecule has 3 aliphatic heterocycles. The van der Waals surface area contributed by atoms with Crippen molar-refractivity contribution in [2.24, 2.45) is 10.8 Å². The summed E-state index contributed by atoms with van der Waals surface area (Å²) in [6.07, 6.45) is 7.10. The Kier molecular flexibility index (Phi) is 2.34. The molecule has 4 aliphatic rings. The van der Waals surface area contributed by atoms with Crippen LogP contribution in [0.15, 0.2) is 0 Å². The van der Waals surface area contributed by atoms with Crippen LogP contribution in [0, 0.1) is 10.8 Å². The van der Waals surface area contributed by atoms with Gasteiger partial charge in [-0.3, -0.25) is 4.90 Å². The molecule has 1 aliphatic carbocycles. The smallest absolute Gasteiger partial charge is 0.0545 e. The lowest BCUT2D eigenvalue weighted by Crippen LogP contribution is -2.52. The molecule has 0 radical (unpaired) electrons. The molecule has 1 saturated carbocycles. The van der Waals surface area contributed by atoms with Gasteiger partial charge in [0, 0.05) is 11.5 Å². The van der Waals surface area contributed by atoms with Crippen LogP contribution in [-0.2, 0) is 4.74 Å². The zero-order chi connectivity index (χ0) is 11.3. The number of nitrogens with one attached hydrogen (secondary N) is 1. The van der Waals surface area contributed by atoms with E-state index >= 15 is 0 Å². The van der Waals surface area contributed by atoms with Crippen LogP contribution < -0.4 is 5.32 Å². The Hall–Kier alpha value is -0.120. The van der Waals surface area contributed by atoms with E-state index in [4.69, 9.17) is 4.74 Å². The van der Waals surface area contributed by atoms with Crippen LogP contribution in [0.3, 0.4) is 0 Å². The number of hydrogen-bond acceptors (Lipinski definition) is 3. The number of hydrogen-bond donors (Lipinski definition) is 1. The van der Waals surface area contributed by atoms with Gasteiger partial charge in [0.25, 0.3) is 0 Å². The number of rotatable bonds is 1. The van der Waals surface area contributed by atoms with Crippen LogP contribution in [0.2, 0.25) is 0 Å². The normalized spacial score (nSPS) is 39.2. The summed E-state index contributed by atoms with van der Waals surface area (Å²) in [6.45, 7) is 7.26. The number of likely N-dealkylation sites (tertiary alicyclic amines) is 1. The minimum absolute atomic E-state index is 0.604. The van der Waals surface area contributed by atoms with E-state index in [-0.39, 0.29) is 0 Å². The fourth-order valence-electron chi connectivity index (χ4n) is 4.29. The van der Waals surface area contributed by atoms with Crippen molar-refractivity contribution >= 4 is 0 Å². The van der Waals surface area contributed by atoms with Gasteiger partial charge in [0.1, 0.15) is 0 Å². The molecule has 2 spiro atoms. The first-order valence-electron chi connectivity index (χ1n) is 7.35. The highest BCUT2D eigenvalue weighted by Gasteiger charge is 2.57. The maximum atomic E-state index is 5.41. The molecule has 4 rings (SSSR count). The van der Waals surface area contributed by atoms with Crippen LogP contribution in [-0.4, -0.2) is 50.3 Å². The van der Waals surface area contributed by atoms with Crippen molar-refractivity contribution in [1.29, 1.82) is 0 Å². The van der Waals surface area contributed by atoms with Crippen molar-refractivity contribution in [2.45, 2.75) is 38.1 Å². The molecule has 1 N–H and O–H groups in total. The molecule has 3 heteroatoms. The first kappa shape index (κ1) is 10.8. The molecule has 0 aromatic rings. The van der Waals surface area contributed by atoms with Gasteiger partial charge in [0.05, 0.1) is 13.2 Å². The van der Waals surface area contributed by atoms with Crippen molar-refractivity contribution in [3.05, 3.63) is 0 Å². The van der Waals surface area contributed by atoms with Crippen molar-refractivity contribution in [1.82, 2.24) is 10.2 Å². The van der Waals surface area contributed by atoms with E-state index in [1.807, 2.05) is 0 Å². The minimum Gasteiger partial charge on any atom is -0.380 e. The number of piperidine rings is 2. The van der Waals surface area contributed by atoms with Crippen molar-refractivity contribution < 1.29 is 4.74 Å². The van der Waals surface area contributed by atoms with Gasteiger partial charge in [-0.2, -0.15) is 0 Å². The average molecular weight is 236 g/mol. The van der Waals surface area contributed by atoms with Crippen molar-refractivity contribution in [3.8, 4) is 0 Å². The summed E-state index contributed by atoms with van der Waals surface area (Å²) in [5.41, 5.74) is 1.33. The molecule has 1 atom stereocenters. The zero-order valence-corrected chi connectivity index (χ0v) is 10.7. The predicted octanol–water partition coefficient (Wildman–Crippen LogP) is 1.24. The average Bonchev–Trinajstić information content (AvgIpc) is 3.02. The van der Waals surface area contributed by atoms with E-state index in [1.165, 1.54) is 58.3 Å². The highest BCUT2D eigenvalue weighted by Crippen LogP contribution is 2.56. The molecule has 17 heavy (non-hydrogen) atoms. The second-order valence-electron chi connectivity index (χ2n) is 6.86. The summed E-state index contributed by atoms with van der Waals surface area (Å²) in [4.78, 5) is 2.80. The molecular weight excluding hydrogens is 212 g/mol. The van der Waals surface area contributed by atoms with Crippen LogP contribution in [0.5, 0.6) is 0 Å². The van der Waals surface area contributed by atoms with Gasteiger partial charge in [-0.25, -0.2) is 0 Å². The van der Waals surface area contributed by atoms with Gasteiger partial charge < -0.3 is 10.1 Å². The topological polar surface area (TPSA) is 24.5 Å². The van der Waals surface area contributed by atoms with Crippen molar-refractivity contribution in [3.63, 3.8) is 0 Å². The quantitative estimate of drug-likeness (QED) is 0.741. The van der Waals surface area contributed by atoms with Gasteiger partial charge >= 0.3 is 0 Å². The van der Waals surface area contributed by atoms with Gasteiger partial charge in [0.15, 0.2) is 0 Å². The first-order valence-corrected chi connectivity index (χ1v) is 7.35. The lowest BCUT2D eigenvalue weighted by molar-refractivity contribution is -0.141. The van der Waals surface area contributed by atoms with E-state index in [0.29, 0.717) is 5.41 Å². The summed E-state index contributed by atoms with van der Waals surface area (Å²) in [5.74, 6) is 0. The Labute approximate surface area is 104 Å². The fraction of sp³-hybridized carbons (Fsp3) is 1.00. The Morgan fingerprint density at radius 2 is 1.71 bits per heavy atom. The molecule has 0 aromatic heterocycles. The largest absolute Gasteiger partial charge is 0.380 e. The highest BCUT2D eigenvalue weighted by molar-refractivity contribution is 5.11. The summed E-state index contributed by atoms with van der Waals surface area (Å²) in [5, 5.41) is 3.50. The Morgan fingerprint density at radius 3 is 2.29 bits per heavy atom. The zero-order valence-electron chi connectivity index (χ0n) is 10.7. The maximum absolute atomic E-state index is 5.41. The van der Waals surface area contributed by atoms with E-state index in [9.17, 15) is 0 Å². The third-order valence-electron chi connectivity index (χ3n) is 5.86. The summed E-state index contributed by atoms with van der Waals surface area (Å²) < 4.78 is 5.41. The van der Waals surface area contributed by atoms with E-state index in [0.717, 1.165) is 24.7 Å². The molecule has 0 amide bonds.